The largest absolute Gasteiger partial charge is 0.398 e. The fourth-order valence-corrected chi connectivity index (χ4v) is 3.10. The number of sulfonamides is 1. The predicted molar refractivity (Wildman–Crippen MR) is 78.2 cm³/mol. The highest BCUT2D eigenvalue weighted by Crippen LogP contribution is 2.18. The molecule has 0 aliphatic rings. The van der Waals surface area contributed by atoms with E-state index in [2.05, 4.69) is 4.72 Å². The molecule has 2 aromatic carbocycles. The van der Waals surface area contributed by atoms with Crippen LogP contribution in [0.15, 0.2) is 42.5 Å². The molecule has 6 heteroatoms. The van der Waals surface area contributed by atoms with E-state index in [1.165, 1.54) is 6.07 Å². The molecular formula is C14H15FN2O2S. The number of hydrogen-bond acceptors (Lipinski definition) is 3. The van der Waals surface area contributed by atoms with Crippen molar-refractivity contribution in [2.45, 2.75) is 12.7 Å². The lowest BCUT2D eigenvalue weighted by Gasteiger charge is -2.10. The SMILES string of the molecule is Cc1cc(F)cc(NS(=O)(=O)Cc2ccccc2N)c1. The molecule has 0 amide bonds. The molecule has 0 radical (unpaired) electrons. The Kier molecular flexibility index (Phi) is 3.94. The number of nitrogen functional groups attached to an aromatic ring is 1. The summed E-state index contributed by atoms with van der Waals surface area (Å²) in [5.41, 5.74) is 7.48. The van der Waals surface area contributed by atoms with Crippen LogP contribution in [0.25, 0.3) is 0 Å². The third kappa shape index (κ3) is 3.71. The first-order valence-electron chi connectivity index (χ1n) is 5.97. The van der Waals surface area contributed by atoms with Gasteiger partial charge in [0.2, 0.25) is 10.0 Å². The minimum atomic E-state index is -3.64. The zero-order valence-corrected chi connectivity index (χ0v) is 11.7. The van der Waals surface area contributed by atoms with Crippen LogP contribution in [-0.4, -0.2) is 8.42 Å². The molecular weight excluding hydrogens is 279 g/mol. The zero-order valence-electron chi connectivity index (χ0n) is 10.9. The van der Waals surface area contributed by atoms with Crippen molar-refractivity contribution in [3.63, 3.8) is 0 Å². The summed E-state index contributed by atoms with van der Waals surface area (Å²) in [6.45, 7) is 1.69. The van der Waals surface area contributed by atoms with Gasteiger partial charge in [-0.3, -0.25) is 4.72 Å². The summed E-state index contributed by atoms with van der Waals surface area (Å²) >= 11 is 0. The van der Waals surface area contributed by atoms with Crippen LogP contribution in [-0.2, 0) is 15.8 Å². The predicted octanol–water partition coefficient (Wildman–Crippen LogP) is 2.66. The average Bonchev–Trinajstić information content (AvgIpc) is 2.29. The van der Waals surface area contributed by atoms with Gasteiger partial charge in [-0.2, -0.15) is 0 Å². The molecule has 0 aliphatic carbocycles. The highest BCUT2D eigenvalue weighted by Gasteiger charge is 2.14. The van der Waals surface area contributed by atoms with Gasteiger partial charge in [-0.05, 0) is 42.3 Å². The molecule has 0 aliphatic heterocycles. The van der Waals surface area contributed by atoms with Gasteiger partial charge >= 0.3 is 0 Å². The molecule has 0 spiro atoms. The van der Waals surface area contributed by atoms with Gasteiger partial charge in [0.05, 0.1) is 11.4 Å². The number of aryl methyl sites for hydroxylation is 1. The quantitative estimate of drug-likeness (QED) is 0.851. The molecule has 2 aromatic rings. The van der Waals surface area contributed by atoms with Crippen molar-refractivity contribution in [2.24, 2.45) is 0 Å². The monoisotopic (exact) mass is 294 g/mol. The second kappa shape index (κ2) is 5.50. The number of rotatable bonds is 4. The Morgan fingerprint density at radius 3 is 2.55 bits per heavy atom. The molecule has 0 bridgehead atoms. The molecule has 0 saturated heterocycles. The minimum absolute atomic E-state index is 0.206. The Bertz CT molecular complexity index is 709. The number of nitrogens with two attached hydrogens (primary N) is 1. The Balaban J connectivity index is 2.21. The van der Waals surface area contributed by atoms with E-state index < -0.39 is 15.8 Å². The summed E-state index contributed by atoms with van der Waals surface area (Å²) in [7, 11) is -3.64. The van der Waals surface area contributed by atoms with E-state index in [0.29, 0.717) is 16.8 Å². The Labute approximate surface area is 117 Å². The fraction of sp³-hybridized carbons (Fsp3) is 0.143. The molecule has 0 heterocycles. The molecule has 106 valence electrons. The van der Waals surface area contributed by atoms with E-state index in [1.807, 2.05) is 0 Å². The van der Waals surface area contributed by atoms with Crippen LogP contribution in [0, 0.1) is 12.7 Å². The minimum Gasteiger partial charge on any atom is -0.398 e. The molecule has 0 aromatic heterocycles. The first-order valence-corrected chi connectivity index (χ1v) is 7.62. The fourth-order valence-electron chi connectivity index (χ4n) is 1.88. The van der Waals surface area contributed by atoms with E-state index in [9.17, 15) is 12.8 Å². The molecule has 0 unspecified atom stereocenters. The molecule has 2 rings (SSSR count). The zero-order chi connectivity index (χ0) is 14.8. The van der Waals surface area contributed by atoms with Gasteiger partial charge in [-0.15, -0.1) is 0 Å². The van der Waals surface area contributed by atoms with Gasteiger partial charge in [-0.1, -0.05) is 18.2 Å². The summed E-state index contributed by atoms with van der Waals surface area (Å²) in [6.07, 6.45) is 0. The highest BCUT2D eigenvalue weighted by atomic mass is 32.2. The molecule has 0 atom stereocenters. The number of nitrogens with one attached hydrogen (secondary N) is 1. The summed E-state index contributed by atoms with van der Waals surface area (Å²) in [5.74, 6) is -0.739. The van der Waals surface area contributed by atoms with Crippen LogP contribution >= 0.6 is 0 Å². The van der Waals surface area contributed by atoms with E-state index in [0.717, 1.165) is 6.07 Å². The van der Waals surface area contributed by atoms with Gasteiger partial charge < -0.3 is 5.73 Å². The van der Waals surface area contributed by atoms with Crippen LogP contribution < -0.4 is 10.5 Å². The molecule has 20 heavy (non-hydrogen) atoms. The van der Waals surface area contributed by atoms with Crippen LogP contribution in [0.3, 0.4) is 0 Å². The van der Waals surface area contributed by atoms with Crippen LogP contribution in [0.4, 0.5) is 15.8 Å². The van der Waals surface area contributed by atoms with E-state index >= 15 is 0 Å². The number of benzene rings is 2. The Morgan fingerprint density at radius 1 is 1.20 bits per heavy atom. The van der Waals surface area contributed by atoms with Crippen molar-refractivity contribution >= 4 is 21.4 Å². The van der Waals surface area contributed by atoms with Crippen molar-refractivity contribution in [1.82, 2.24) is 0 Å². The number of hydrogen-bond donors (Lipinski definition) is 2. The lowest BCUT2D eigenvalue weighted by molar-refractivity contribution is 0.600. The van der Waals surface area contributed by atoms with Crippen molar-refractivity contribution in [3.05, 3.63) is 59.4 Å². The highest BCUT2D eigenvalue weighted by molar-refractivity contribution is 7.91. The molecule has 0 fully saturated rings. The number of para-hydroxylation sites is 1. The number of halogens is 1. The van der Waals surface area contributed by atoms with Gasteiger partial charge in [0.25, 0.3) is 0 Å². The van der Waals surface area contributed by atoms with Crippen LogP contribution in [0.2, 0.25) is 0 Å². The first-order chi connectivity index (χ1) is 9.35. The maximum atomic E-state index is 13.2. The smallest absolute Gasteiger partial charge is 0.236 e. The van der Waals surface area contributed by atoms with Crippen molar-refractivity contribution in [1.29, 1.82) is 0 Å². The van der Waals surface area contributed by atoms with Crippen molar-refractivity contribution < 1.29 is 12.8 Å². The van der Waals surface area contributed by atoms with Crippen molar-refractivity contribution in [3.8, 4) is 0 Å². The van der Waals surface area contributed by atoms with Crippen LogP contribution in [0.5, 0.6) is 0 Å². The van der Waals surface area contributed by atoms with Gasteiger partial charge in [0, 0.05) is 5.69 Å². The van der Waals surface area contributed by atoms with Gasteiger partial charge in [-0.25, -0.2) is 12.8 Å². The lowest BCUT2D eigenvalue weighted by Crippen LogP contribution is -2.16. The molecule has 3 N–H and O–H groups in total. The first kappa shape index (κ1) is 14.3. The second-order valence-electron chi connectivity index (χ2n) is 4.58. The Morgan fingerprint density at radius 2 is 1.90 bits per heavy atom. The Hall–Kier alpha value is -2.08. The standard InChI is InChI=1S/C14H15FN2O2S/c1-10-6-12(15)8-13(7-10)17-20(18,19)9-11-4-2-3-5-14(11)16/h2-8,17H,9,16H2,1H3. The van der Waals surface area contributed by atoms with Crippen molar-refractivity contribution in [2.75, 3.05) is 10.5 Å². The maximum Gasteiger partial charge on any atom is 0.236 e. The summed E-state index contributed by atoms with van der Waals surface area (Å²) in [6, 6.07) is 10.8. The van der Waals surface area contributed by atoms with Gasteiger partial charge in [0.1, 0.15) is 5.82 Å². The molecule has 4 nitrogen and oxygen atoms in total. The van der Waals surface area contributed by atoms with E-state index in [4.69, 9.17) is 5.73 Å². The third-order valence-electron chi connectivity index (χ3n) is 2.72. The topological polar surface area (TPSA) is 72.2 Å². The summed E-state index contributed by atoms with van der Waals surface area (Å²) in [5, 5.41) is 0. The summed E-state index contributed by atoms with van der Waals surface area (Å²) < 4.78 is 39.7. The lowest BCUT2D eigenvalue weighted by atomic mass is 10.2. The number of anilines is 2. The molecule has 0 saturated carbocycles. The normalized spacial score (nSPS) is 11.3. The van der Waals surface area contributed by atoms with E-state index in [-0.39, 0.29) is 11.4 Å². The second-order valence-corrected chi connectivity index (χ2v) is 6.30. The maximum absolute atomic E-state index is 13.2. The van der Waals surface area contributed by atoms with Crippen LogP contribution in [0.1, 0.15) is 11.1 Å². The van der Waals surface area contributed by atoms with Gasteiger partial charge in [0.15, 0.2) is 0 Å². The third-order valence-corrected chi connectivity index (χ3v) is 3.95. The van der Waals surface area contributed by atoms with E-state index in [1.54, 1.807) is 37.3 Å². The average molecular weight is 294 g/mol. The summed E-state index contributed by atoms with van der Waals surface area (Å²) in [4.78, 5) is 0.